The first kappa shape index (κ1) is 34.7. The molecule has 2 N–H and O–H groups in total. The second-order valence-corrected chi connectivity index (χ2v) is 20.8. The van der Waals surface area contributed by atoms with Gasteiger partial charge in [0, 0.05) is 19.6 Å². The second-order valence-electron chi connectivity index (χ2n) is 18.5. The monoisotopic (exact) mass is 678 g/mol. The number of nitrogens with one attached hydrogen (secondary N) is 1. The molecule has 48 heavy (non-hydrogen) atoms. The summed E-state index contributed by atoms with van der Waals surface area (Å²) in [5.74, 6) is 2.80. The van der Waals surface area contributed by atoms with Crippen LogP contribution >= 0.6 is 0 Å². The first-order valence-electron chi connectivity index (χ1n) is 19.3. The number of nitrogens with zero attached hydrogens (tertiary/aromatic N) is 1. The molecule has 0 bridgehead atoms. The van der Waals surface area contributed by atoms with E-state index in [2.05, 4.69) is 50.9 Å². The fourth-order valence-corrected chi connectivity index (χ4v) is 14.9. The molecule has 6 nitrogen and oxygen atoms in total. The van der Waals surface area contributed by atoms with Gasteiger partial charge in [-0.25, -0.2) is 13.2 Å². The second kappa shape index (κ2) is 12.2. The molecular weight excluding hydrogens is 617 g/mol. The molecule has 1 saturated heterocycles. The van der Waals surface area contributed by atoms with Crippen LogP contribution in [0, 0.1) is 50.7 Å². The molecule has 0 aromatic heterocycles. The van der Waals surface area contributed by atoms with Gasteiger partial charge in [-0.3, -0.25) is 0 Å². The maximum absolute atomic E-state index is 11.8. The Morgan fingerprint density at radius 3 is 2.31 bits per heavy atom. The first-order chi connectivity index (χ1) is 22.7. The van der Waals surface area contributed by atoms with E-state index in [0.29, 0.717) is 52.3 Å². The maximum Gasteiger partial charge on any atom is 0.335 e. The van der Waals surface area contributed by atoms with Gasteiger partial charge in [-0.1, -0.05) is 59.2 Å². The number of rotatable bonds is 8. The van der Waals surface area contributed by atoms with Crippen LogP contribution in [0.4, 0.5) is 0 Å². The van der Waals surface area contributed by atoms with E-state index in [1.54, 1.807) is 12.1 Å². The van der Waals surface area contributed by atoms with Gasteiger partial charge in [-0.05, 0) is 151 Å². The van der Waals surface area contributed by atoms with Gasteiger partial charge in [-0.2, -0.15) is 0 Å². The third-order valence-corrected chi connectivity index (χ3v) is 17.9. The molecule has 7 heteroatoms. The molecule has 5 aliphatic carbocycles. The molecule has 7 rings (SSSR count). The third-order valence-electron chi connectivity index (χ3n) is 16.3. The van der Waals surface area contributed by atoms with Gasteiger partial charge in [-0.15, -0.1) is 0 Å². The van der Waals surface area contributed by atoms with E-state index >= 15 is 0 Å². The Labute approximate surface area is 290 Å². The van der Waals surface area contributed by atoms with E-state index in [-0.39, 0.29) is 10.8 Å². The van der Waals surface area contributed by atoms with E-state index in [1.807, 2.05) is 12.1 Å². The predicted octanol–water partition coefficient (Wildman–Crippen LogP) is 7.94. The zero-order chi connectivity index (χ0) is 34.2. The summed E-state index contributed by atoms with van der Waals surface area (Å²) in [6, 6.07) is 7.62. The highest BCUT2D eigenvalue weighted by molar-refractivity contribution is 7.91. The molecule has 0 radical (unpaired) electrons. The third kappa shape index (κ3) is 5.46. The maximum atomic E-state index is 11.8. The lowest BCUT2D eigenvalue weighted by molar-refractivity contribution is -0.222. The molecule has 1 aromatic carbocycles. The molecule has 1 aliphatic heterocycles. The number of fused-ring (bicyclic) bond motifs is 7. The number of hydrogen-bond donors (Lipinski definition) is 2. The van der Waals surface area contributed by atoms with Crippen molar-refractivity contribution in [2.45, 2.75) is 105 Å². The van der Waals surface area contributed by atoms with Crippen LogP contribution in [0.5, 0.6) is 0 Å². The zero-order valence-electron chi connectivity index (χ0n) is 30.5. The molecule has 8 atom stereocenters. The fraction of sp³-hybridized carbons (Fsp3) is 0.780. The van der Waals surface area contributed by atoms with Crippen molar-refractivity contribution in [3.8, 4) is 0 Å². The summed E-state index contributed by atoms with van der Waals surface area (Å²) in [7, 11) is -2.81. The summed E-state index contributed by atoms with van der Waals surface area (Å²) in [4.78, 5) is 13.9. The van der Waals surface area contributed by atoms with E-state index in [1.165, 1.54) is 68.9 Å². The summed E-state index contributed by atoms with van der Waals surface area (Å²) in [5.41, 5.74) is 4.48. The summed E-state index contributed by atoms with van der Waals surface area (Å²) < 4.78 is 23.6. The van der Waals surface area contributed by atoms with Crippen LogP contribution in [-0.4, -0.2) is 68.6 Å². The average Bonchev–Trinajstić information content (AvgIpc) is 3.46. The lowest BCUT2D eigenvalue weighted by Gasteiger charge is -2.72. The number of sulfone groups is 1. The molecule has 1 aromatic rings. The smallest absolute Gasteiger partial charge is 0.335 e. The normalized spacial score (nSPS) is 41.7. The fourth-order valence-electron chi connectivity index (χ4n) is 13.6. The van der Waals surface area contributed by atoms with Crippen LogP contribution in [0.2, 0.25) is 0 Å². The molecular formula is C41H62N2O4S. The molecule has 4 saturated carbocycles. The van der Waals surface area contributed by atoms with E-state index in [9.17, 15) is 18.3 Å². The summed E-state index contributed by atoms with van der Waals surface area (Å²) in [6.45, 7) is 17.7. The Morgan fingerprint density at radius 2 is 1.60 bits per heavy atom. The van der Waals surface area contributed by atoms with Crippen molar-refractivity contribution in [2.24, 2.45) is 50.7 Å². The number of hydrogen-bond acceptors (Lipinski definition) is 5. The van der Waals surface area contributed by atoms with Crippen LogP contribution in [0.25, 0.3) is 5.57 Å². The Morgan fingerprint density at radius 1 is 0.875 bits per heavy atom. The van der Waals surface area contributed by atoms with Crippen LogP contribution in [0.3, 0.4) is 0 Å². The van der Waals surface area contributed by atoms with Crippen molar-refractivity contribution in [3.63, 3.8) is 0 Å². The highest BCUT2D eigenvalue weighted by atomic mass is 32.2. The Kier molecular flexibility index (Phi) is 8.84. The van der Waals surface area contributed by atoms with Crippen LogP contribution in [0.1, 0.15) is 121 Å². The molecule has 5 fully saturated rings. The molecule has 0 amide bonds. The topological polar surface area (TPSA) is 86.7 Å². The number of allylic oxidation sites excluding steroid dienone is 2. The van der Waals surface area contributed by atoms with Crippen molar-refractivity contribution in [1.29, 1.82) is 0 Å². The zero-order valence-corrected chi connectivity index (χ0v) is 31.3. The number of carbonyl (C=O) groups is 1. The Hall–Kier alpha value is -1.70. The summed E-state index contributed by atoms with van der Waals surface area (Å²) in [6.07, 6.45) is 17.0. The van der Waals surface area contributed by atoms with Gasteiger partial charge in [0.15, 0.2) is 9.84 Å². The van der Waals surface area contributed by atoms with Gasteiger partial charge in [0.2, 0.25) is 0 Å². The number of carboxylic acids is 1. The number of aromatic carboxylic acids is 1. The van der Waals surface area contributed by atoms with Crippen LogP contribution in [-0.2, 0) is 9.84 Å². The highest BCUT2D eigenvalue weighted by Crippen LogP contribution is 2.77. The number of carboxylic acid groups (broad SMARTS) is 1. The molecule has 6 aliphatic rings. The lowest BCUT2D eigenvalue weighted by Crippen LogP contribution is -2.65. The van der Waals surface area contributed by atoms with Crippen molar-refractivity contribution in [3.05, 3.63) is 41.5 Å². The Bertz CT molecular complexity index is 1520. The van der Waals surface area contributed by atoms with Crippen molar-refractivity contribution in [2.75, 3.05) is 44.2 Å². The van der Waals surface area contributed by atoms with Gasteiger partial charge < -0.3 is 15.3 Å². The minimum Gasteiger partial charge on any atom is -0.478 e. The average molecular weight is 679 g/mol. The largest absolute Gasteiger partial charge is 0.478 e. The summed E-state index contributed by atoms with van der Waals surface area (Å²) in [5, 5.41) is 13.4. The minimum atomic E-state index is -2.81. The quantitative estimate of drug-likeness (QED) is 0.272. The lowest BCUT2D eigenvalue weighted by atomic mass is 9.32. The van der Waals surface area contributed by atoms with E-state index < -0.39 is 15.8 Å². The number of benzene rings is 1. The van der Waals surface area contributed by atoms with Crippen LogP contribution < -0.4 is 5.32 Å². The van der Waals surface area contributed by atoms with Crippen molar-refractivity contribution < 1.29 is 18.3 Å². The molecule has 1 heterocycles. The molecule has 266 valence electrons. The van der Waals surface area contributed by atoms with Crippen molar-refractivity contribution >= 4 is 21.4 Å². The van der Waals surface area contributed by atoms with Gasteiger partial charge in [0.05, 0.1) is 17.1 Å². The highest BCUT2D eigenvalue weighted by Gasteiger charge is 2.69. The SMILES string of the molecule is CC1(C)C(c2ccc(C(=O)O)cc2)=CCC2(C)C1CCC1(C)C2CCC2C3CCCC3(CNCCCN3CCS(=O)(=O)CC3)CC[C@]21C. The standard InChI is InChI=1S/C41H62N2O4S/c1-37(2)31(29-9-11-30(12-10-29)36(44)45)15-18-38(3)34(37)16-19-40(5)35(38)14-13-32-33-8-6-17-41(33,21-20-39(32,40)4)28-42-22-7-23-43-24-26-48(46,47)27-25-43/h9-12,15,32-35,42H,6-8,13-14,16-28H2,1-5H3,(H,44,45)/t32?,33?,34?,35?,38?,39-,40?,41?/m1/s1. The summed E-state index contributed by atoms with van der Waals surface area (Å²) >= 11 is 0. The molecule has 0 spiro atoms. The minimum absolute atomic E-state index is 0.0430. The Balaban J connectivity index is 1.05. The van der Waals surface area contributed by atoms with Crippen molar-refractivity contribution in [1.82, 2.24) is 10.2 Å². The van der Waals surface area contributed by atoms with Gasteiger partial charge >= 0.3 is 5.97 Å². The predicted molar refractivity (Wildman–Crippen MR) is 195 cm³/mol. The molecule has 7 unspecified atom stereocenters. The van der Waals surface area contributed by atoms with Gasteiger partial charge in [0.1, 0.15) is 0 Å². The van der Waals surface area contributed by atoms with E-state index in [0.717, 1.165) is 50.2 Å². The van der Waals surface area contributed by atoms with Crippen LogP contribution in [0.15, 0.2) is 30.3 Å². The first-order valence-corrected chi connectivity index (χ1v) is 21.2. The van der Waals surface area contributed by atoms with E-state index in [4.69, 9.17) is 0 Å². The van der Waals surface area contributed by atoms with Gasteiger partial charge in [0.25, 0.3) is 0 Å².